The number of hydrogen-bond donors (Lipinski definition) is 1. The van der Waals surface area contributed by atoms with E-state index in [0.717, 1.165) is 11.1 Å². The van der Waals surface area contributed by atoms with Gasteiger partial charge in [-0.1, -0.05) is 6.07 Å². The lowest BCUT2D eigenvalue weighted by molar-refractivity contribution is 0.0847. The van der Waals surface area contributed by atoms with Crippen LogP contribution >= 0.6 is 0 Å². The molecule has 0 saturated heterocycles. The van der Waals surface area contributed by atoms with Crippen molar-refractivity contribution in [1.29, 1.82) is 0 Å². The molecule has 3 heteroatoms. The molecular weight excluding hydrogens is 193 g/mol. The summed E-state index contributed by atoms with van der Waals surface area (Å²) in [6, 6.07) is 4.69. The molecule has 1 aromatic rings. The summed E-state index contributed by atoms with van der Waals surface area (Å²) in [6.07, 6.45) is 0. The van der Waals surface area contributed by atoms with Crippen molar-refractivity contribution in [3.8, 4) is 0 Å². The maximum Gasteiger partial charge on any atom is 0.123 e. The topological polar surface area (TPSA) is 35.2 Å². The average molecular weight is 211 g/mol. The van der Waals surface area contributed by atoms with Gasteiger partial charge in [0.1, 0.15) is 5.82 Å². The molecule has 84 valence electrons. The van der Waals surface area contributed by atoms with Crippen LogP contribution < -0.4 is 5.73 Å². The first kappa shape index (κ1) is 12.1. The number of aryl methyl sites for hydroxylation is 1. The summed E-state index contributed by atoms with van der Waals surface area (Å²) in [5.41, 5.74) is 7.36. The smallest absolute Gasteiger partial charge is 0.123 e. The molecule has 0 atom stereocenters. The quantitative estimate of drug-likeness (QED) is 0.830. The highest BCUT2D eigenvalue weighted by atomic mass is 19.1. The van der Waals surface area contributed by atoms with E-state index in [1.807, 2.05) is 20.8 Å². The third kappa shape index (κ3) is 4.40. The van der Waals surface area contributed by atoms with Crippen molar-refractivity contribution < 1.29 is 9.13 Å². The van der Waals surface area contributed by atoms with Gasteiger partial charge in [-0.2, -0.15) is 0 Å². The predicted molar refractivity (Wildman–Crippen MR) is 59.1 cm³/mol. The molecule has 15 heavy (non-hydrogen) atoms. The van der Waals surface area contributed by atoms with E-state index in [9.17, 15) is 4.39 Å². The van der Waals surface area contributed by atoms with Crippen molar-refractivity contribution in [3.05, 3.63) is 35.1 Å². The van der Waals surface area contributed by atoms with Gasteiger partial charge in [0.15, 0.2) is 0 Å². The van der Waals surface area contributed by atoms with E-state index in [1.165, 1.54) is 12.1 Å². The zero-order valence-corrected chi connectivity index (χ0v) is 9.51. The van der Waals surface area contributed by atoms with E-state index in [0.29, 0.717) is 13.2 Å². The van der Waals surface area contributed by atoms with Gasteiger partial charge < -0.3 is 10.5 Å². The third-order valence-electron chi connectivity index (χ3n) is 2.04. The van der Waals surface area contributed by atoms with Gasteiger partial charge in [-0.3, -0.25) is 0 Å². The number of halogens is 1. The Bertz CT molecular complexity index is 331. The van der Waals surface area contributed by atoms with Crippen LogP contribution in [0.25, 0.3) is 0 Å². The van der Waals surface area contributed by atoms with Gasteiger partial charge in [0.2, 0.25) is 0 Å². The Morgan fingerprint density at radius 2 is 2.07 bits per heavy atom. The van der Waals surface area contributed by atoms with Gasteiger partial charge in [-0.25, -0.2) is 4.39 Å². The molecule has 0 aromatic heterocycles. The zero-order chi connectivity index (χ0) is 11.5. The summed E-state index contributed by atoms with van der Waals surface area (Å²) in [4.78, 5) is 0. The van der Waals surface area contributed by atoms with Crippen molar-refractivity contribution in [2.75, 3.05) is 6.61 Å². The average Bonchev–Trinajstić information content (AvgIpc) is 2.07. The van der Waals surface area contributed by atoms with E-state index in [-0.39, 0.29) is 11.4 Å². The summed E-state index contributed by atoms with van der Waals surface area (Å²) < 4.78 is 18.3. The molecule has 1 aromatic carbocycles. The monoisotopic (exact) mass is 211 g/mol. The van der Waals surface area contributed by atoms with Gasteiger partial charge in [0, 0.05) is 5.54 Å². The second-order valence-electron chi connectivity index (χ2n) is 4.55. The normalized spacial score (nSPS) is 11.8. The van der Waals surface area contributed by atoms with Crippen LogP contribution in [-0.4, -0.2) is 12.1 Å². The van der Waals surface area contributed by atoms with Crippen molar-refractivity contribution >= 4 is 0 Å². The summed E-state index contributed by atoms with van der Waals surface area (Å²) in [5.74, 6) is -0.213. The molecule has 0 aliphatic rings. The van der Waals surface area contributed by atoms with Crippen LogP contribution in [0.3, 0.4) is 0 Å². The number of hydrogen-bond acceptors (Lipinski definition) is 2. The van der Waals surface area contributed by atoms with Crippen molar-refractivity contribution in [3.63, 3.8) is 0 Å². The molecule has 0 bridgehead atoms. The third-order valence-corrected chi connectivity index (χ3v) is 2.04. The summed E-state index contributed by atoms with van der Waals surface area (Å²) >= 11 is 0. The lowest BCUT2D eigenvalue weighted by Crippen LogP contribution is -2.37. The minimum absolute atomic E-state index is 0.213. The number of benzene rings is 1. The highest BCUT2D eigenvalue weighted by Gasteiger charge is 2.10. The summed E-state index contributed by atoms with van der Waals surface area (Å²) in [7, 11) is 0. The lowest BCUT2D eigenvalue weighted by Gasteiger charge is -2.18. The SMILES string of the molecule is Cc1cc(F)ccc1COCC(C)(C)N. The fourth-order valence-corrected chi connectivity index (χ4v) is 1.25. The summed E-state index contributed by atoms with van der Waals surface area (Å²) in [5, 5.41) is 0. The standard InChI is InChI=1S/C12H18FNO/c1-9-6-11(13)5-4-10(9)7-15-8-12(2,3)14/h4-6H,7-8,14H2,1-3H3. The molecule has 0 amide bonds. The van der Waals surface area contributed by atoms with Crippen LogP contribution in [0.1, 0.15) is 25.0 Å². The lowest BCUT2D eigenvalue weighted by atomic mass is 10.1. The molecule has 0 fully saturated rings. The molecule has 0 aliphatic carbocycles. The Kier molecular flexibility index (Phi) is 3.83. The first-order valence-corrected chi connectivity index (χ1v) is 5.00. The van der Waals surface area contributed by atoms with Crippen molar-refractivity contribution in [2.24, 2.45) is 5.73 Å². The van der Waals surface area contributed by atoms with Crippen molar-refractivity contribution in [2.45, 2.75) is 32.9 Å². The fraction of sp³-hybridized carbons (Fsp3) is 0.500. The minimum Gasteiger partial charge on any atom is -0.375 e. The minimum atomic E-state index is -0.325. The molecule has 2 N–H and O–H groups in total. The van der Waals surface area contributed by atoms with Gasteiger partial charge in [-0.05, 0) is 44.0 Å². The van der Waals surface area contributed by atoms with Gasteiger partial charge in [0.05, 0.1) is 13.2 Å². The second kappa shape index (κ2) is 4.73. The van der Waals surface area contributed by atoms with Crippen LogP contribution in [0.4, 0.5) is 4.39 Å². The molecular formula is C12H18FNO. The molecule has 0 spiro atoms. The largest absolute Gasteiger partial charge is 0.375 e. The maximum absolute atomic E-state index is 12.8. The Hall–Kier alpha value is -0.930. The first-order valence-electron chi connectivity index (χ1n) is 5.00. The molecule has 0 radical (unpaired) electrons. The van der Waals surface area contributed by atoms with Crippen molar-refractivity contribution in [1.82, 2.24) is 0 Å². The maximum atomic E-state index is 12.8. The van der Waals surface area contributed by atoms with Crippen LogP contribution in [0, 0.1) is 12.7 Å². The Morgan fingerprint density at radius 3 is 2.60 bits per heavy atom. The Balaban J connectivity index is 2.51. The van der Waals surface area contributed by atoms with Crippen LogP contribution in [0.5, 0.6) is 0 Å². The Morgan fingerprint density at radius 1 is 1.40 bits per heavy atom. The van der Waals surface area contributed by atoms with E-state index in [4.69, 9.17) is 10.5 Å². The highest BCUT2D eigenvalue weighted by molar-refractivity contribution is 5.25. The van der Waals surface area contributed by atoms with Crippen LogP contribution in [0.15, 0.2) is 18.2 Å². The Labute approximate surface area is 90.2 Å². The highest BCUT2D eigenvalue weighted by Crippen LogP contribution is 2.12. The van der Waals surface area contributed by atoms with E-state index in [2.05, 4.69) is 0 Å². The van der Waals surface area contributed by atoms with Crippen LogP contribution in [-0.2, 0) is 11.3 Å². The molecule has 0 saturated carbocycles. The first-order chi connectivity index (χ1) is 6.88. The molecule has 2 nitrogen and oxygen atoms in total. The summed E-state index contributed by atoms with van der Waals surface area (Å²) in [6.45, 7) is 6.65. The predicted octanol–water partition coefficient (Wildman–Crippen LogP) is 2.39. The van der Waals surface area contributed by atoms with E-state index < -0.39 is 0 Å². The van der Waals surface area contributed by atoms with Gasteiger partial charge in [-0.15, -0.1) is 0 Å². The van der Waals surface area contributed by atoms with Gasteiger partial charge >= 0.3 is 0 Å². The molecule has 1 rings (SSSR count). The van der Waals surface area contributed by atoms with Crippen LogP contribution in [0.2, 0.25) is 0 Å². The fourth-order valence-electron chi connectivity index (χ4n) is 1.25. The van der Waals surface area contributed by atoms with E-state index >= 15 is 0 Å². The molecule has 0 aliphatic heterocycles. The molecule has 0 heterocycles. The number of nitrogens with two attached hydrogens (primary N) is 1. The van der Waals surface area contributed by atoms with E-state index in [1.54, 1.807) is 6.07 Å². The second-order valence-corrected chi connectivity index (χ2v) is 4.55. The van der Waals surface area contributed by atoms with Gasteiger partial charge in [0.25, 0.3) is 0 Å². The zero-order valence-electron chi connectivity index (χ0n) is 9.51. The number of rotatable bonds is 4. The number of ether oxygens (including phenoxy) is 1. The molecule has 0 unspecified atom stereocenters.